The van der Waals surface area contributed by atoms with Crippen LogP contribution >= 0.6 is 11.8 Å². The number of benzene rings is 1. The number of hydrogen-bond donors (Lipinski definition) is 1. The van der Waals surface area contributed by atoms with E-state index < -0.39 is 0 Å². The quantitative estimate of drug-likeness (QED) is 0.832. The maximum absolute atomic E-state index is 12.6. The minimum Gasteiger partial charge on any atom is -0.372 e. The van der Waals surface area contributed by atoms with Gasteiger partial charge in [-0.2, -0.15) is 0 Å². The van der Waals surface area contributed by atoms with Crippen LogP contribution in [0.4, 0.5) is 4.79 Å². The van der Waals surface area contributed by atoms with Crippen LogP contribution in [0, 0.1) is 0 Å². The maximum Gasteiger partial charge on any atom is 0.290 e. The molecule has 3 rings (SSSR count). The SMILES string of the molecule is CC1CN(C(=O)c2ccc(/C=C3/SC(=O)NC3=O)cc2)CC(C)O1. The Labute approximate surface area is 144 Å². The van der Waals surface area contributed by atoms with Crippen molar-refractivity contribution in [1.82, 2.24) is 10.2 Å². The Bertz CT molecular complexity index is 704. The Hall–Kier alpha value is -2.12. The smallest absolute Gasteiger partial charge is 0.290 e. The van der Waals surface area contributed by atoms with Crippen LogP contribution in [0.2, 0.25) is 0 Å². The highest BCUT2D eigenvalue weighted by molar-refractivity contribution is 8.18. The Kier molecular flexibility index (Phi) is 4.73. The summed E-state index contributed by atoms with van der Waals surface area (Å²) in [6.07, 6.45) is 1.69. The number of carbonyl (C=O) groups excluding carboxylic acids is 3. The van der Waals surface area contributed by atoms with Crippen molar-refractivity contribution in [2.45, 2.75) is 26.1 Å². The van der Waals surface area contributed by atoms with Crippen molar-refractivity contribution in [3.63, 3.8) is 0 Å². The molecule has 2 atom stereocenters. The molecular weight excluding hydrogens is 328 g/mol. The summed E-state index contributed by atoms with van der Waals surface area (Å²) in [5, 5.41) is 1.85. The van der Waals surface area contributed by atoms with E-state index in [1.807, 2.05) is 13.8 Å². The van der Waals surface area contributed by atoms with Gasteiger partial charge in [0.05, 0.1) is 17.1 Å². The molecule has 2 aliphatic heterocycles. The fourth-order valence-electron chi connectivity index (χ4n) is 2.82. The van der Waals surface area contributed by atoms with E-state index in [-0.39, 0.29) is 29.3 Å². The molecule has 0 aliphatic carbocycles. The van der Waals surface area contributed by atoms with Crippen LogP contribution in [-0.4, -0.2) is 47.3 Å². The normalized spacial score (nSPS) is 25.9. The van der Waals surface area contributed by atoms with Gasteiger partial charge in [0.2, 0.25) is 0 Å². The number of ether oxygens (including phenoxy) is 1. The number of hydrogen-bond acceptors (Lipinski definition) is 5. The van der Waals surface area contributed by atoms with Crippen molar-refractivity contribution >= 4 is 34.9 Å². The molecule has 0 saturated carbocycles. The maximum atomic E-state index is 12.6. The topological polar surface area (TPSA) is 75.7 Å². The highest BCUT2D eigenvalue weighted by atomic mass is 32.2. The number of rotatable bonds is 2. The lowest BCUT2D eigenvalue weighted by atomic mass is 10.1. The van der Waals surface area contributed by atoms with Crippen molar-refractivity contribution in [2.75, 3.05) is 13.1 Å². The predicted octanol–water partition coefficient (Wildman–Crippen LogP) is 2.26. The Balaban J connectivity index is 1.72. The van der Waals surface area contributed by atoms with Crippen LogP contribution in [-0.2, 0) is 9.53 Å². The average Bonchev–Trinajstić information content (AvgIpc) is 2.84. The number of amides is 3. The zero-order valence-electron chi connectivity index (χ0n) is 13.4. The Morgan fingerprint density at radius 2 is 1.83 bits per heavy atom. The molecule has 126 valence electrons. The average molecular weight is 346 g/mol. The van der Waals surface area contributed by atoms with Crippen LogP contribution in [0.25, 0.3) is 6.08 Å². The number of thioether (sulfide) groups is 1. The monoisotopic (exact) mass is 346 g/mol. The molecule has 0 bridgehead atoms. The lowest BCUT2D eigenvalue weighted by Gasteiger charge is -2.35. The van der Waals surface area contributed by atoms with Crippen molar-refractivity contribution in [1.29, 1.82) is 0 Å². The molecule has 0 spiro atoms. The summed E-state index contributed by atoms with van der Waals surface area (Å²) in [4.78, 5) is 37.4. The van der Waals surface area contributed by atoms with E-state index in [4.69, 9.17) is 4.74 Å². The first-order chi connectivity index (χ1) is 11.4. The number of nitrogens with one attached hydrogen (secondary N) is 1. The van der Waals surface area contributed by atoms with E-state index >= 15 is 0 Å². The van der Waals surface area contributed by atoms with Gasteiger partial charge in [-0.1, -0.05) is 12.1 Å². The summed E-state index contributed by atoms with van der Waals surface area (Å²) in [6, 6.07) is 7.01. The third kappa shape index (κ3) is 3.68. The molecule has 3 amide bonds. The lowest BCUT2D eigenvalue weighted by molar-refractivity contribution is -0.115. The molecule has 7 heteroatoms. The highest BCUT2D eigenvalue weighted by Crippen LogP contribution is 2.25. The third-order valence-corrected chi connectivity index (χ3v) is 4.61. The first-order valence-electron chi connectivity index (χ1n) is 7.72. The molecule has 2 saturated heterocycles. The second kappa shape index (κ2) is 6.78. The van der Waals surface area contributed by atoms with E-state index in [9.17, 15) is 14.4 Å². The zero-order chi connectivity index (χ0) is 17.3. The molecule has 1 N–H and O–H groups in total. The second-order valence-electron chi connectivity index (χ2n) is 5.94. The van der Waals surface area contributed by atoms with Gasteiger partial charge in [-0.15, -0.1) is 0 Å². The summed E-state index contributed by atoms with van der Waals surface area (Å²) in [6.45, 7) is 5.06. The molecule has 6 nitrogen and oxygen atoms in total. The van der Waals surface area contributed by atoms with Crippen molar-refractivity contribution in [3.05, 3.63) is 40.3 Å². The molecule has 24 heavy (non-hydrogen) atoms. The zero-order valence-corrected chi connectivity index (χ0v) is 14.3. The Morgan fingerprint density at radius 3 is 2.38 bits per heavy atom. The molecule has 2 aliphatic rings. The van der Waals surface area contributed by atoms with E-state index in [1.54, 1.807) is 35.2 Å². The van der Waals surface area contributed by atoms with Gasteiger partial charge in [0, 0.05) is 18.7 Å². The van der Waals surface area contributed by atoms with Gasteiger partial charge in [0.15, 0.2) is 0 Å². The van der Waals surface area contributed by atoms with Crippen LogP contribution in [0.1, 0.15) is 29.8 Å². The lowest BCUT2D eigenvalue weighted by Crippen LogP contribution is -2.48. The van der Waals surface area contributed by atoms with Gasteiger partial charge in [0.25, 0.3) is 17.1 Å². The second-order valence-corrected chi connectivity index (χ2v) is 6.96. The van der Waals surface area contributed by atoms with Crippen LogP contribution in [0.15, 0.2) is 29.2 Å². The molecule has 1 aromatic rings. The molecule has 2 unspecified atom stereocenters. The van der Waals surface area contributed by atoms with E-state index in [0.29, 0.717) is 23.6 Å². The van der Waals surface area contributed by atoms with Crippen molar-refractivity contribution in [2.24, 2.45) is 0 Å². The predicted molar refractivity (Wildman–Crippen MR) is 91.5 cm³/mol. The molecule has 2 heterocycles. The Morgan fingerprint density at radius 1 is 1.21 bits per heavy atom. The number of carbonyl (C=O) groups is 3. The first-order valence-corrected chi connectivity index (χ1v) is 8.53. The first kappa shape index (κ1) is 16.7. The van der Waals surface area contributed by atoms with Crippen LogP contribution in [0.3, 0.4) is 0 Å². The highest BCUT2D eigenvalue weighted by Gasteiger charge is 2.27. The van der Waals surface area contributed by atoms with Crippen LogP contribution in [0.5, 0.6) is 0 Å². The largest absolute Gasteiger partial charge is 0.372 e. The third-order valence-electron chi connectivity index (χ3n) is 3.80. The minimum atomic E-state index is -0.388. The summed E-state index contributed by atoms with van der Waals surface area (Å²) < 4.78 is 5.65. The van der Waals surface area contributed by atoms with Gasteiger partial charge in [0.1, 0.15) is 0 Å². The van der Waals surface area contributed by atoms with Crippen LogP contribution < -0.4 is 5.32 Å². The van der Waals surface area contributed by atoms with Gasteiger partial charge >= 0.3 is 0 Å². The summed E-state index contributed by atoms with van der Waals surface area (Å²) in [5.41, 5.74) is 1.36. The molecule has 2 fully saturated rings. The number of morpholine rings is 1. The van der Waals surface area contributed by atoms with Gasteiger partial charge in [-0.25, -0.2) is 0 Å². The van der Waals surface area contributed by atoms with Crippen molar-refractivity contribution in [3.8, 4) is 0 Å². The fraction of sp³-hybridized carbons (Fsp3) is 0.353. The fourth-order valence-corrected chi connectivity index (χ4v) is 3.50. The minimum absolute atomic E-state index is 0.0251. The standard InChI is InChI=1S/C17H18N2O4S/c1-10-8-19(9-11(2)23-10)16(21)13-5-3-12(4-6-13)7-14-15(20)18-17(22)24-14/h3-7,10-11H,8-9H2,1-2H3,(H,18,20,22)/b14-7+. The molecule has 1 aromatic carbocycles. The van der Waals surface area contributed by atoms with Crippen molar-refractivity contribution < 1.29 is 19.1 Å². The summed E-state index contributed by atoms with van der Waals surface area (Å²) in [7, 11) is 0. The van der Waals surface area contributed by atoms with E-state index in [1.165, 1.54) is 0 Å². The van der Waals surface area contributed by atoms with E-state index in [2.05, 4.69) is 5.32 Å². The summed E-state index contributed by atoms with van der Waals surface area (Å²) in [5.74, 6) is -0.416. The molecule has 0 aromatic heterocycles. The molecular formula is C17H18N2O4S. The number of imide groups is 1. The summed E-state index contributed by atoms with van der Waals surface area (Å²) >= 11 is 0.875. The van der Waals surface area contributed by atoms with Gasteiger partial charge in [-0.05, 0) is 49.4 Å². The van der Waals surface area contributed by atoms with Gasteiger partial charge < -0.3 is 9.64 Å². The van der Waals surface area contributed by atoms with E-state index in [0.717, 1.165) is 17.3 Å². The van der Waals surface area contributed by atoms with Gasteiger partial charge in [-0.3, -0.25) is 19.7 Å². The number of nitrogens with zero attached hydrogens (tertiary/aromatic N) is 1. The molecule has 0 radical (unpaired) electrons.